The van der Waals surface area contributed by atoms with Crippen LogP contribution in [0.2, 0.25) is 0 Å². The van der Waals surface area contributed by atoms with E-state index in [1.807, 2.05) is 0 Å². The minimum atomic E-state index is 0.565. The van der Waals surface area contributed by atoms with Crippen molar-refractivity contribution in [3.05, 3.63) is 0 Å². The lowest BCUT2D eigenvalue weighted by Gasteiger charge is -2.25. The van der Waals surface area contributed by atoms with Gasteiger partial charge in [-0.15, -0.1) is 12.3 Å². The van der Waals surface area contributed by atoms with Crippen LogP contribution in [0.1, 0.15) is 38.5 Å². The summed E-state index contributed by atoms with van der Waals surface area (Å²) in [5.74, 6) is 2.65. The van der Waals surface area contributed by atoms with E-state index in [0.29, 0.717) is 12.6 Å². The Morgan fingerprint density at radius 2 is 2.07 bits per heavy atom. The van der Waals surface area contributed by atoms with Gasteiger partial charge in [-0.3, -0.25) is 4.90 Å². The van der Waals surface area contributed by atoms with Crippen molar-refractivity contribution in [2.75, 3.05) is 13.1 Å². The van der Waals surface area contributed by atoms with E-state index in [9.17, 15) is 0 Å². The Labute approximate surface area is 86.9 Å². The van der Waals surface area contributed by atoms with Crippen molar-refractivity contribution < 1.29 is 0 Å². The second-order valence-corrected chi connectivity index (χ2v) is 3.87. The topological polar surface area (TPSA) is 27.0 Å². The van der Waals surface area contributed by atoms with Gasteiger partial charge in [0.05, 0.1) is 12.6 Å². The first-order chi connectivity index (χ1) is 6.88. The van der Waals surface area contributed by atoms with E-state index in [4.69, 9.17) is 11.7 Å². The van der Waals surface area contributed by atoms with Gasteiger partial charge >= 0.3 is 0 Å². The lowest BCUT2D eigenvalue weighted by atomic mass is 10.2. The highest BCUT2D eigenvalue weighted by Gasteiger charge is 2.21. The molecule has 1 aliphatic rings. The highest BCUT2D eigenvalue weighted by atomic mass is 15.1. The van der Waals surface area contributed by atoms with Crippen molar-refractivity contribution in [2.24, 2.45) is 0 Å². The van der Waals surface area contributed by atoms with Crippen LogP contribution in [0.25, 0.3) is 0 Å². The normalized spacial score (nSPS) is 16.8. The number of rotatable bonds is 5. The summed E-state index contributed by atoms with van der Waals surface area (Å²) in [5.41, 5.74) is 0. The van der Waals surface area contributed by atoms with Gasteiger partial charge in [-0.2, -0.15) is 5.26 Å². The Morgan fingerprint density at radius 3 is 2.64 bits per heavy atom. The third kappa shape index (κ3) is 3.40. The maximum absolute atomic E-state index is 8.72. The summed E-state index contributed by atoms with van der Waals surface area (Å²) in [6.45, 7) is 1.55. The van der Waals surface area contributed by atoms with Gasteiger partial charge in [0.25, 0.3) is 0 Å². The Hall–Kier alpha value is -0.990. The zero-order valence-electron chi connectivity index (χ0n) is 8.71. The van der Waals surface area contributed by atoms with Gasteiger partial charge in [-0.25, -0.2) is 0 Å². The number of hydrogen-bond donors (Lipinski definition) is 0. The van der Waals surface area contributed by atoms with Gasteiger partial charge in [0.15, 0.2) is 0 Å². The zero-order chi connectivity index (χ0) is 10.2. The highest BCUT2D eigenvalue weighted by Crippen LogP contribution is 2.23. The molecule has 0 aromatic carbocycles. The minimum absolute atomic E-state index is 0.565. The fourth-order valence-corrected chi connectivity index (χ4v) is 2.14. The average molecular weight is 190 g/mol. The monoisotopic (exact) mass is 190 g/mol. The minimum Gasteiger partial charge on any atom is -0.288 e. The summed E-state index contributed by atoms with van der Waals surface area (Å²) < 4.78 is 0. The summed E-state index contributed by atoms with van der Waals surface area (Å²) in [6, 6.07) is 2.89. The second kappa shape index (κ2) is 6.46. The molecular formula is C12H18N2. The summed E-state index contributed by atoms with van der Waals surface area (Å²) >= 11 is 0. The van der Waals surface area contributed by atoms with Crippen molar-refractivity contribution >= 4 is 0 Å². The SMILES string of the molecule is C#CCCCN(CC#N)C1CCCC1. The van der Waals surface area contributed by atoms with Gasteiger partial charge in [0.1, 0.15) is 0 Å². The Morgan fingerprint density at radius 1 is 1.36 bits per heavy atom. The van der Waals surface area contributed by atoms with E-state index in [1.54, 1.807) is 0 Å². The van der Waals surface area contributed by atoms with Crippen LogP contribution in [-0.4, -0.2) is 24.0 Å². The van der Waals surface area contributed by atoms with Gasteiger partial charge in [-0.1, -0.05) is 12.8 Å². The van der Waals surface area contributed by atoms with E-state index < -0.39 is 0 Å². The van der Waals surface area contributed by atoms with Crippen LogP contribution in [-0.2, 0) is 0 Å². The van der Waals surface area contributed by atoms with Crippen molar-refractivity contribution in [1.82, 2.24) is 4.90 Å². The van der Waals surface area contributed by atoms with Crippen molar-refractivity contribution in [3.63, 3.8) is 0 Å². The summed E-state index contributed by atoms with van der Waals surface area (Å²) in [6.07, 6.45) is 12.2. The first-order valence-corrected chi connectivity index (χ1v) is 5.43. The summed E-state index contributed by atoms with van der Waals surface area (Å²) in [5, 5.41) is 8.72. The maximum atomic E-state index is 8.72. The summed E-state index contributed by atoms with van der Waals surface area (Å²) in [7, 11) is 0. The molecule has 0 aromatic rings. The van der Waals surface area contributed by atoms with Crippen molar-refractivity contribution in [1.29, 1.82) is 5.26 Å². The molecule has 0 aromatic heterocycles. The Balaban J connectivity index is 2.31. The Kier molecular flexibility index (Phi) is 5.12. The quantitative estimate of drug-likeness (QED) is 0.377. The predicted molar refractivity (Wildman–Crippen MR) is 57.5 cm³/mol. The van der Waals surface area contributed by atoms with Crippen LogP contribution in [0, 0.1) is 23.7 Å². The average Bonchev–Trinajstić information content (AvgIpc) is 2.70. The fraction of sp³-hybridized carbons (Fsp3) is 0.750. The largest absolute Gasteiger partial charge is 0.288 e. The fourth-order valence-electron chi connectivity index (χ4n) is 2.14. The molecule has 76 valence electrons. The second-order valence-electron chi connectivity index (χ2n) is 3.87. The van der Waals surface area contributed by atoms with E-state index in [-0.39, 0.29) is 0 Å². The molecule has 0 saturated heterocycles. The molecule has 0 aliphatic heterocycles. The zero-order valence-corrected chi connectivity index (χ0v) is 8.71. The molecular weight excluding hydrogens is 172 g/mol. The third-order valence-corrected chi connectivity index (χ3v) is 2.88. The molecule has 0 radical (unpaired) electrons. The van der Waals surface area contributed by atoms with Crippen molar-refractivity contribution in [3.8, 4) is 18.4 Å². The number of hydrogen-bond acceptors (Lipinski definition) is 2. The van der Waals surface area contributed by atoms with E-state index >= 15 is 0 Å². The highest BCUT2D eigenvalue weighted by molar-refractivity contribution is 4.87. The lowest BCUT2D eigenvalue weighted by Crippen LogP contribution is -2.34. The van der Waals surface area contributed by atoms with Gasteiger partial charge in [-0.05, 0) is 19.3 Å². The third-order valence-electron chi connectivity index (χ3n) is 2.88. The standard InChI is InChI=1S/C12H18N2/c1-2-3-6-10-14(11-9-13)12-7-4-5-8-12/h1,12H,3-8,10-11H2. The van der Waals surface area contributed by atoms with E-state index in [1.165, 1.54) is 25.7 Å². The van der Waals surface area contributed by atoms with Crippen molar-refractivity contribution in [2.45, 2.75) is 44.6 Å². The van der Waals surface area contributed by atoms with Crippen LogP contribution in [0.15, 0.2) is 0 Å². The molecule has 0 heterocycles. The van der Waals surface area contributed by atoms with Gasteiger partial charge in [0.2, 0.25) is 0 Å². The molecule has 2 heteroatoms. The molecule has 0 amide bonds. The van der Waals surface area contributed by atoms with Crippen LogP contribution in [0.4, 0.5) is 0 Å². The van der Waals surface area contributed by atoms with Crippen LogP contribution < -0.4 is 0 Å². The maximum Gasteiger partial charge on any atom is 0.0868 e. The summed E-state index contributed by atoms with van der Waals surface area (Å²) in [4.78, 5) is 2.30. The Bertz CT molecular complexity index is 228. The molecule has 1 saturated carbocycles. The van der Waals surface area contributed by atoms with Gasteiger partial charge < -0.3 is 0 Å². The molecule has 0 spiro atoms. The molecule has 0 atom stereocenters. The molecule has 0 N–H and O–H groups in total. The number of unbranched alkanes of at least 4 members (excludes halogenated alkanes) is 1. The number of nitriles is 1. The predicted octanol–water partition coefficient (Wildman–Crippen LogP) is 2.17. The van der Waals surface area contributed by atoms with E-state index in [0.717, 1.165) is 19.4 Å². The molecule has 14 heavy (non-hydrogen) atoms. The van der Waals surface area contributed by atoms with Crippen LogP contribution in [0.3, 0.4) is 0 Å². The number of terminal acetylenes is 1. The molecule has 1 fully saturated rings. The first kappa shape index (κ1) is 11.1. The molecule has 1 rings (SSSR count). The van der Waals surface area contributed by atoms with Crippen LogP contribution in [0.5, 0.6) is 0 Å². The molecule has 1 aliphatic carbocycles. The number of nitrogens with zero attached hydrogens (tertiary/aromatic N) is 2. The van der Waals surface area contributed by atoms with Crippen LogP contribution >= 0.6 is 0 Å². The molecule has 2 nitrogen and oxygen atoms in total. The van der Waals surface area contributed by atoms with E-state index in [2.05, 4.69) is 16.9 Å². The van der Waals surface area contributed by atoms with Gasteiger partial charge in [0, 0.05) is 19.0 Å². The smallest absolute Gasteiger partial charge is 0.0868 e. The first-order valence-electron chi connectivity index (χ1n) is 5.43. The molecule has 0 bridgehead atoms. The molecule has 0 unspecified atom stereocenters. The lowest BCUT2D eigenvalue weighted by molar-refractivity contribution is 0.221.